The third kappa shape index (κ3) is 2.33. The van der Waals surface area contributed by atoms with Gasteiger partial charge < -0.3 is 10.0 Å². The molecule has 1 fully saturated rings. The summed E-state index contributed by atoms with van der Waals surface area (Å²) in [5.41, 5.74) is 2.48. The maximum absolute atomic E-state index is 9.06. The van der Waals surface area contributed by atoms with Crippen molar-refractivity contribution in [1.82, 2.24) is 0 Å². The van der Waals surface area contributed by atoms with E-state index in [1.165, 1.54) is 24.1 Å². The fourth-order valence-corrected chi connectivity index (χ4v) is 2.77. The SMILES string of the molecule is Cc1cc(Cl)ccc1N1CCCC1CCO. The normalized spacial score (nSPS) is 20.4. The van der Waals surface area contributed by atoms with Crippen molar-refractivity contribution in [2.45, 2.75) is 32.2 Å². The Kier molecular flexibility index (Phi) is 3.72. The van der Waals surface area contributed by atoms with E-state index in [9.17, 15) is 0 Å². The second-order valence-corrected chi connectivity index (χ2v) is 4.87. The van der Waals surface area contributed by atoms with E-state index in [1.54, 1.807) is 0 Å². The van der Waals surface area contributed by atoms with Crippen molar-refractivity contribution in [2.24, 2.45) is 0 Å². The molecule has 0 radical (unpaired) electrons. The molecule has 1 atom stereocenters. The summed E-state index contributed by atoms with van der Waals surface area (Å²) in [5, 5.41) is 9.85. The van der Waals surface area contributed by atoms with Gasteiger partial charge in [0.15, 0.2) is 0 Å². The zero-order valence-corrected chi connectivity index (χ0v) is 10.4. The molecule has 0 aromatic heterocycles. The molecular weight excluding hydrogens is 222 g/mol. The first-order chi connectivity index (χ1) is 7.72. The number of aryl methyl sites for hydroxylation is 1. The number of rotatable bonds is 3. The topological polar surface area (TPSA) is 23.5 Å². The van der Waals surface area contributed by atoms with Crippen LogP contribution in [0.5, 0.6) is 0 Å². The lowest BCUT2D eigenvalue weighted by molar-refractivity contribution is 0.276. The van der Waals surface area contributed by atoms with Crippen LogP contribution in [0.2, 0.25) is 5.02 Å². The third-order valence-electron chi connectivity index (χ3n) is 3.31. The summed E-state index contributed by atoms with van der Waals surface area (Å²) in [6.07, 6.45) is 3.26. The molecule has 0 bridgehead atoms. The quantitative estimate of drug-likeness (QED) is 0.877. The summed E-state index contributed by atoms with van der Waals surface area (Å²) in [6.45, 7) is 3.45. The fraction of sp³-hybridized carbons (Fsp3) is 0.538. The first-order valence-corrected chi connectivity index (χ1v) is 6.24. The van der Waals surface area contributed by atoms with E-state index in [1.807, 2.05) is 12.1 Å². The van der Waals surface area contributed by atoms with Gasteiger partial charge in [-0.2, -0.15) is 0 Å². The molecule has 1 heterocycles. The zero-order valence-electron chi connectivity index (χ0n) is 9.62. The lowest BCUT2D eigenvalue weighted by Gasteiger charge is -2.28. The second-order valence-electron chi connectivity index (χ2n) is 4.43. The molecule has 1 saturated heterocycles. The van der Waals surface area contributed by atoms with E-state index >= 15 is 0 Å². The van der Waals surface area contributed by atoms with Crippen LogP contribution in [0, 0.1) is 6.92 Å². The average molecular weight is 240 g/mol. The molecule has 1 N–H and O–H groups in total. The number of anilines is 1. The Hall–Kier alpha value is -0.730. The van der Waals surface area contributed by atoms with Crippen LogP contribution < -0.4 is 4.90 Å². The van der Waals surface area contributed by atoms with Crippen LogP contribution in [0.15, 0.2) is 18.2 Å². The van der Waals surface area contributed by atoms with Crippen molar-refractivity contribution >= 4 is 17.3 Å². The number of benzene rings is 1. The van der Waals surface area contributed by atoms with E-state index in [4.69, 9.17) is 16.7 Å². The molecule has 1 unspecified atom stereocenters. The molecule has 2 nitrogen and oxygen atoms in total. The zero-order chi connectivity index (χ0) is 11.5. The molecule has 1 aromatic carbocycles. The van der Waals surface area contributed by atoms with Gasteiger partial charge in [0.1, 0.15) is 0 Å². The van der Waals surface area contributed by atoms with Crippen molar-refractivity contribution in [3.05, 3.63) is 28.8 Å². The van der Waals surface area contributed by atoms with Crippen molar-refractivity contribution in [3.63, 3.8) is 0 Å². The summed E-state index contributed by atoms with van der Waals surface area (Å²) >= 11 is 5.96. The minimum atomic E-state index is 0.272. The number of aliphatic hydroxyl groups excluding tert-OH is 1. The van der Waals surface area contributed by atoms with Crippen LogP contribution in [-0.4, -0.2) is 24.3 Å². The van der Waals surface area contributed by atoms with E-state index in [0.717, 1.165) is 18.0 Å². The van der Waals surface area contributed by atoms with Crippen molar-refractivity contribution < 1.29 is 5.11 Å². The average Bonchev–Trinajstić information content (AvgIpc) is 2.67. The number of aliphatic hydroxyl groups is 1. The van der Waals surface area contributed by atoms with Gasteiger partial charge in [-0.3, -0.25) is 0 Å². The highest BCUT2D eigenvalue weighted by atomic mass is 35.5. The molecule has 2 rings (SSSR count). The molecule has 0 amide bonds. The maximum atomic E-state index is 9.06. The van der Waals surface area contributed by atoms with Gasteiger partial charge in [0.05, 0.1) is 0 Å². The predicted octanol–water partition coefficient (Wildman–Crippen LogP) is 3.00. The Morgan fingerprint density at radius 3 is 3.00 bits per heavy atom. The number of hydrogen-bond donors (Lipinski definition) is 1. The van der Waals surface area contributed by atoms with E-state index in [2.05, 4.69) is 17.9 Å². The molecular formula is C13H18ClNO. The molecule has 3 heteroatoms. The predicted molar refractivity (Wildman–Crippen MR) is 68.3 cm³/mol. The first kappa shape index (κ1) is 11.7. The van der Waals surface area contributed by atoms with Crippen LogP contribution in [0.4, 0.5) is 5.69 Å². The standard InChI is InChI=1S/C13H18ClNO/c1-10-9-11(14)4-5-13(10)15-7-2-3-12(15)6-8-16/h4-5,9,12,16H,2-3,6-8H2,1H3. The third-order valence-corrected chi connectivity index (χ3v) is 3.54. The summed E-state index contributed by atoms with van der Waals surface area (Å²) in [4.78, 5) is 2.40. The van der Waals surface area contributed by atoms with E-state index in [0.29, 0.717) is 6.04 Å². The van der Waals surface area contributed by atoms with Crippen molar-refractivity contribution in [3.8, 4) is 0 Å². The Bertz CT molecular complexity index is 367. The maximum Gasteiger partial charge on any atom is 0.0450 e. The van der Waals surface area contributed by atoms with Crippen LogP contribution in [-0.2, 0) is 0 Å². The Balaban J connectivity index is 2.22. The minimum absolute atomic E-state index is 0.272. The molecule has 0 saturated carbocycles. The second kappa shape index (κ2) is 5.07. The smallest absolute Gasteiger partial charge is 0.0450 e. The minimum Gasteiger partial charge on any atom is -0.396 e. The summed E-state index contributed by atoms with van der Waals surface area (Å²) < 4.78 is 0. The largest absolute Gasteiger partial charge is 0.396 e. The van der Waals surface area contributed by atoms with E-state index in [-0.39, 0.29) is 6.61 Å². The number of halogens is 1. The van der Waals surface area contributed by atoms with Gasteiger partial charge in [0.2, 0.25) is 0 Å². The monoisotopic (exact) mass is 239 g/mol. The highest BCUT2D eigenvalue weighted by Crippen LogP contribution is 2.31. The lowest BCUT2D eigenvalue weighted by atomic mass is 10.1. The van der Waals surface area contributed by atoms with Crippen molar-refractivity contribution in [2.75, 3.05) is 18.1 Å². The van der Waals surface area contributed by atoms with Crippen LogP contribution in [0.3, 0.4) is 0 Å². The Morgan fingerprint density at radius 2 is 2.31 bits per heavy atom. The fourth-order valence-electron chi connectivity index (χ4n) is 2.54. The Morgan fingerprint density at radius 1 is 1.50 bits per heavy atom. The van der Waals surface area contributed by atoms with Gasteiger partial charge in [-0.05, 0) is 49.9 Å². The molecule has 16 heavy (non-hydrogen) atoms. The molecule has 0 aliphatic carbocycles. The van der Waals surface area contributed by atoms with Crippen LogP contribution >= 0.6 is 11.6 Å². The summed E-state index contributed by atoms with van der Waals surface area (Å²) in [7, 11) is 0. The van der Waals surface area contributed by atoms with Gasteiger partial charge in [-0.15, -0.1) is 0 Å². The van der Waals surface area contributed by atoms with Gasteiger partial charge in [0, 0.05) is 29.9 Å². The highest BCUT2D eigenvalue weighted by molar-refractivity contribution is 6.30. The van der Waals surface area contributed by atoms with Crippen molar-refractivity contribution in [1.29, 1.82) is 0 Å². The first-order valence-electron chi connectivity index (χ1n) is 5.86. The van der Waals surface area contributed by atoms with Gasteiger partial charge in [0.25, 0.3) is 0 Å². The molecule has 88 valence electrons. The van der Waals surface area contributed by atoms with Gasteiger partial charge in [-0.1, -0.05) is 11.6 Å². The van der Waals surface area contributed by atoms with Crippen LogP contribution in [0.1, 0.15) is 24.8 Å². The lowest BCUT2D eigenvalue weighted by Crippen LogP contribution is -2.30. The summed E-state index contributed by atoms with van der Waals surface area (Å²) in [5.74, 6) is 0. The molecule has 1 aliphatic heterocycles. The van der Waals surface area contributed by atoms with E-state index < -0.39 is 0 Å². The number of hydrogen-bond acceptors (Lipinski definition) is 2. The molecule has 1 aliphatic rings. The molecule has 0 spiro atoms. The molecule has 1 aromatic rings. The van der Waals surface area contributed by atoms with Crippen LogP contribution in [0.25, 0.3) is 0 Å². The Labute approximate surface area is 102 Å². The number of nitrogens with zero attached hydrogens (tertiary/aromatic N) is 1. The van der Waals surface area contributed by atoms with Gasteiger partial charge >= 0.3 is 0 Å². The summed E-state index contributed by atoms with van der Waals surface area (Å²) in [6, 6.07) is 6.53. The van der Waals surface area contributed by atoms with Gasteiger partial charge in [-0.25, -0.2) is 0 Å². The highest BCUT2D eigenvalue weighted by Gasteiger charge is 2.24.